The Morgan fingerprint density at radius 3 is 2.47 bits per heavy atom. The first-order chi connectivity index (χ1) is 14.0. The highest BCUT2D eigenvalue weighted by atomic mass is 16.3. The first-order valence-corrected chi connectivity index (χ1v) is 11.9. The van der Waals surface area contributed by atoms with Crippen molar-refractivity contribution >= 4 is 0 Å². The summed E-state index contributed by atoms with van der Waals surface area (Å²) in [6.07, 6.45) is 11.8. The number of allylic oxidation sites excluding steroid dienone is 2. The Hall–Kier alpha value is -0.940. The van der Waals surface area contributed by atoms with Gasteiger partial charge in [-0.05, 0) is 82.6 Å². The smallest absolute Gasteiger partial charge is 0.0809 e. The van der Waals surface area contributed by atoms with E-state index in [1.54, 1.807) is 0 Å². The Morgan fingerprint density at radius 2 is 1.83 bits per heavy atom. The molecule has 170 valence electrons. The van der Waals surface area contributed by atoms with Crippen molar-refractivity contribution in [1.29, 1.82) is 0 Å². The molecule has 0 amide bonds. The molecular formula is C26H42O4. The van der Waals surface area contributed by atoms with Gasteiger partial charge in [0.25, 0.3) is 0 Å². The molecule has 3 rings (SSSR count). The van der Waals surface area contributed by atoms with Crippen molar-refractivity contribution < 1.29 is 20.4 Å². The highest BCUT2D eigenvalue weighted by molar-refractivity contribution is 5.30. The van der Waals surface area contributed by atoms with Crippen LogP contribution in [0, 0.1) is 17.8 Å². The van der Waals surface area contributed by atoms with E-state index in [0.717, 1.165) is 56.9 Å². The maximum absolute atomic E-state index is 11.7. The molecule has 0 aromatic heterocycles. The van der Waals surface area contributed by atoms with Crippen LogP contribution in [0.25, 0.3) is 0 Å². The van der Waals surface area contributed by atoms with Crippen molar-refractivity contribution in [3.63, 3.8) is 0 Å². The molecule has 0 aliphatic heterocycles. The number of aliphatic hydroxyl groups is 4. The summed E-state index contributed by atoms with van der Waals surface area (Å²) in [5.74, 6) is 0.996. The molecule has 3 aliphatic carbocycles. The number of hydrogen-bond acceptors (Lipinski definition) is 4. The zero-order valence-electron chi connectivity index (χ0n) is 19.1. The molecule has 3 fully saturated rings. The molecule has 4 nitrogen and oxygen atoms in total. The fourth-order valence-corrected chi connectivity index (χ4v) is 6.18. The van der Waals surface area contributed by atoms with E-state index in [9.17, 15) is 20.4 Å². The standard InChI is InChI=1S/C26H42O4/c1-17(7-5-13-25(3,4)29)21-11-12-22-20(8-6-14-26(21,22)30)10-9-19-15-23(27)18(2)24(28)16-19/h9-10,17,21-24,27-30H,2,5-8,11-16H2,1,3-4H3/b20-10+/t17-,21?,22?,23-,24-,26+/m1/s1. The van der Waals surface area contributed by atoms with Crippen LogP contribution >= 0.6 is 0 Å². The van der Waals surface area contributed by atoms with E-state index in [2.05, 4.69) is 25.7 Å². The molecule has 2 unspecified atom stereocenters. The van der Waals surface area contributed by atoms with Crippen LogP contribution in [0.2, 0.25) is 0 Å². The summed E-state index contributed by atoms with van der Waals surface area (Å²) in [5.41, 5.74) is 1.67. The maximum Gasteiger partial charge on any atom is 0.0809 e. The van der Waals surface area contributed by atoms with Gasteiger partial charge in [0, 0.05) is 5.92 Å². The van der Waals surface area contributed by atoms with Gasteiger partial charge in [-0.15, -0.1) is 0 Å². The lowest BCUT2D eigenvalue weighted by atomic mass is 9.67. The second kappa shape index (κ2) is 9.28. The molecule has 0 aromatic carbocycles. The summed E-state index contributed by atoms with van der Waals surface area (Å²) >= 11 is 0. The average Bonchev–Trinajstić information content (AvgIpc) is 3.00. The lowest BCUT2D eigenvalue weighted by molar-refractivity contribution is -0.0624. The molecule has 6 atom stereocenters. The predicted molar refractivity (Wildman–Crippen MR) is 121 cm³/mol. The Labute approximate surface area is 182 Å². The summed E-state index contributed by atoms with van der Waals surface area (Å²) in [6.45, 7) is 9.78. The Bertz CT molecular complexity index is 670. The van der Waals surface area contributed by atoms with Crippen molar-refractivity contribution in [2.75, 3.05) is 0 Å². The number of rotatable bonds is 6. The summed E-state index contributed by atoms with van der Waals surface area (Å²) < 4.78 is 0. The van der Waals surface area contributed by atoms with E-state index in [4.69, 9.17) is 0 Å². The van der Waals surface area contributed by atoms with E-state index >= 15 is 0 Å². The van der Waals surface area contributed by atoms with Gasteiger partial charge in [-0.3, -0.25) is 0 Å². The van der Waals surface area contributed by atoms with Gasteiger partial charge in [-0.25, -0.2) is 0 Å². The molecule has 0 spiro atoms. The number of hydrogen-bond donors (Lipinski definition) is 4. The van der Waals surface area contributed by atoms with Crippen LogP contribution in [-0.4, -0.2) is 43.8 Å². The van der Waals surface area contributed by atoms with Crippen LogP contribution in [0.5, 0.6) is 0 Å². The fraction of sp³-hybridized carbons (Fsp3) is 0.769. The van der Waals surface area contributed by atoms with Crippen molar-refractivity contribution in [3.8, 4) is 0 Å². The van der Waals surface area contributed by atoms with Crippen LogP contribution in [0.3, 0.4) is 0 Å². The van der Waals surface area contributed by atoms with Gasteiger partial charge in [0.2, 0.25) is 0 Å². The molecule has 0 aromatic rings. The zero-order valence-corrected chi connectivity index (χ0v) is 19.1. The van der Waals surface area contributed by atoms with E-state index in [1.165, 1.54) is 5.57 Å². The summed E-state index contributed by atoms with van der Waals surface area (Å²) in [7, 11) is 0. The Kier molecular flexibility index (Phi) is 7.33. The zero-order chi connectivity index (χ0) is 22.1. The fourth-order valence-electron chi connectivity index (χ4n) is 6.18. The minimum Gasteiger partial charge on any atom is -0.390 e. The molecule has 0 bridgehead atoms. The summed E-state index contributed by atoms with van der Waals surface area (Å²) in [6, 6.07) is 0. The SMILES string of the molecule is C=C1[C@H](O)CC(=C/C=C2\CCC[C@@]3(O)C2CCC3[C@H](C)CCCC(C)(C)O)C[C@H]1O. The monoisotopic (exact) mass is 418 g/mol. The highest BCUT2D eigenvalue weighted by Gasteiger charge is 2.52. The molecule has 4 heteroatoms. The third-order valence-corrected chi connectivity index (χ3v) is 7.94. The minimum atomic E-state index is -0.665. The second-order valence-electron chi connectivity index (χ2n) is 10.8. The molecular weight excluding hydrogens is 376 g/mol. The summed E-state index contributed by atoms with van der Waals surface area (Å²) in [4.78, 5) is 0. The molecule has 3 saturated carbocycles. The first kappa shape index (κ1) is 23.7. The molecule has 30 heavy (non-hydrogen) atoms. The Balaban J connectivity index is 1.67. The van der Waals surface area contributed by atoms with Crippen molar-refractivity contribution in [3.05, 3.63) is 35.5 Å². The highest BCUT2D eigenvalue weighted by Crippen LogP contribution is 2.54. The topological polar surface area (TPSA) is 80.9 Å². The van der Waals surface area contributed by atoms with Gasteiger partial charge >= 0.3 is 0 Å². The van der Waals surface area contributed by atoms with Gasteiger partial charge in [-0.1, -0.05) is 49.6 Å². The summed E-state index contributed by atoms with van der Waals surface area (Å²) in [5, 5.41) is 41.9. The minimum absolute atomic E-state index is 0.221. The largest absolute Gasteiger partial charge is 0.390 e. The van der Waals surface area contributed by atoms with Crippen molar-refractivity contribution in [2.45, 2.75) is 108 Å². The molecule has 4 N–H and O–H groups in total. The molecule has 0 heterocycles. The molecule has 0 saturated heterocycles. The van der Waals surface area contributed by atoms with Crippen molar-refractivity contribution in [2.24, 2.45) is 17.8 Å². The number of aliphatic hydroxyl groups excluding tert-OH is 2. The van der Waals surface area contributed by atoms with Gasteiger partial charge in [0.05, 0.1) is 23.4 Å². The lowest BCUT2D eigenvalue weighted by Gasteiger charge is -2.43. The average molecular weight is 419 g/mol. The Morgan fingerprint density at radius 1 is 1.17 bits per heavy atom. The number of fused-ring (bicyclic) bond motifs is 1. The van der Waals surface area contributed by atoms with Crippen molar-refractivity contribution in [1.82, 2.24) is 0 Å². The van der Waals surface area contributed by atoms with Gasteiger partial charge in [-0.2, -0.15) is 0 Å². The van der Waals surface area contributed by atoms with Crippen LogP contribution in [0.15, 0.2) is 35.5 Å². The van der Waals surface area contributed by atoms with Gasteiger partial charge in [0.1, 0.15) is 0 Å². The predicted octanol–water partition coefficient (Wildman–Crippen LogP) is 4.43. The second-order valence-corrected chi connectivity index (χ2v) is 10.8. The van der Waals surface area contributed by atoms with Crippen LogP contribution in [0.4, 0.5) is 0 Å². The lowest BCUT2D eigenvalue weighted by Crippen LogP contribution is -2.45. The third-order valence-electron chi connectivity index (χ3n) is 7.94. The normalized spacial score (nSPS) is 37.4. The maximum atomic E-state index is 11.7. The van der Waals surface area contributed by atoms with E-state index < -0.39 is 23.4 Å². The van der Waals surface area contributed by atoms with Crippen LogP contribution in [-0.2, 0) is 0 Å². The van der Waals surface area contributed by atoms with Crippen LogP contribution in [0.1, 0.15) is 85.0 Å². The van der Waals surface area contributed by atoms with E-state index in [-0.39, 0.29) is 5.92 Å². The van der Waals surface area contributed by atoms with E-state index in [0.29, 0.717) is 30.3 Å². The van der Waals surface area contributed by atoms with Gasteiger partial charge in [0.15, 0.2) is 0 Å². The van der Waals surface area contributed by atoms with Crippen LogP contribution < -0.4 is 0 Å². The third kappa shape index (κ3) is 5.27. The van der Waals surface area contributed by atoms with E-state index in [1.807, 2.05) is 13.8 Å². The quantitative estimate of drug-likeness (QED) is 0.481. The molecule has 3 aliphatic rings. The molecule has 0 radical (unpaired) electrons. The van der Waals surface area contributed by atoms with Gasteiger partial charge < -0.3 is 20.4 Å². The first-order valence-electron chi connectivity index (χ1n) is 11.9.